The summed E-state index contributed by atoms with van der Waals surface area (Å²) in [6, 6.07) is 41.8. The Morgan fingerprint density at radius 3 is 1.48 bits per heavy atom. The van der Waals surface area contributed by atoms with Gasteiger partial charge >= 0.3 is 144 Å². The monoisotopic (exact) mass is 988 g/mol. The Labute approximate surface area is 476 Å². The molecule has 9 rings (SSSR count). The molecule has 2 aromatic heterocycles. The molecule has 9 nitrogen and oxygen atoms in total. The van der Waals surface area contributed by atoms with E-state index in [9.17, 15) is 0 Å². The molecule has 3 heterocycles. The van der Waals surface area contributed by atoms with Crippen LogP contribution in [0.25, 0.3) is 65.9 Å². The Bertz CT molecular complexity index is 2660. The molecule has 64 heavy (non-hydrogen) atoms. The third kappa shape index (κ3) is 16.1. The number of aryl methyl sites for hydroxylation is 4. The second-order valence-corrected chi connectivity index (χ2v) is 15.8. The number of nitrogens with zero attached hydrogens (tertiary/aromatic N) is 2. The molecule has 312 valence electrons. The summed E-state index contributed by atoms with van der Waals surface area (Å²) in [6.45, 7) is 14.1. The second kappa shape index (κ2) is 28.8. The Morgan fingerprint density at radius 2 is 1.02 bits per heavy atom. The van der Waals surface area contributed by atoms with Crippen LogP contribution in [0, 0.1) is 27.7 Å². The molecule has 0 spiro atoms. The molecule has 8 aromatic rings. The summed E-state index contributed by atoms with van der Waals surface area (Å²) in [5.41, 5.74) is 11.1. The van der Waals surface area contributed by atoms with Gasteiger partial charge in [-0.05, 0) is 139 Å². The molecule has 1 saturated heterocycles. The fourth-order valence-electron chi connectivity index (χ4n) is 7.42. The van der Waals surface area contributed by atoms with Gasteiger partial charge in [0.15, 0.2) is 0 Å². The summed E-state index contributed by atoms with van der Waals surface area (Å²) in [4.78, 5) is 18.6. The molecule has 1 fully saturated rings. The second-order valence-electron chi connectivity index (χ2n) is 14.4. The maximum absolute atomic E-state index is 8.87. The van der Waals surface area contributed by atoms with Crippen LogP contribution in [0.2, 0.25) is 30.5 Å². The van der Waals surface area contributed by atoms with Crippen molar-refractivity contribution in [2.75, 3.05) is 0 Å². The van der Waals surface area contributed by atoms with Crippen LogP contribution in [0.3, 0.4) is 0 Å². The number of pyridine rings is 2. The van der Waals surface area contributed by atoms with Crippen molar-refractivity contribution in [1.29, 1.82) is 0 Å². The van der Waals surface area contributed by atoms with Crippen molar-refractivity contribution in [3.05, 3.63) is 154 Å². The van der Waals surface area contributed by atoms with Crippen LogP contribution >= 0.6 is 31.5 Å². The SMILES string of the molecule is C.CB1OB(C)OB(C)O1.Cc1cc(-c2cc(C)c3c(C)cccc3n2)c2ccccc2c1.Cc1cc(-c2cc(Cl)c3c(Cl)cccc3n2)c2ccccc2c1.O=[P+]([O-])O[O-].[K+].[K][K]. The van der Waals surface area contributed by atoms with Gasteiger partial charge in [0.25, 0.3) is 0 Å². The molecule has 1 aliphatic rings. The number of hydrogen-bond donors (Lipinski definition) is 0. The van der Waals surface area contributed by atoms with E-state index in [-0.39, 0.29) is 80.2 Å². The van der Waals surface area contributed by atoms with Crippen LogP contribution < -0.4 is 61.5 Å². The van der Waals surface area contributed by atoms with E-state index >= 15 is 0 Å². The van der Waals surface area contributed by atoms with Gasteiger partial charge in [0.2, 0.25) is 0 Å². The van der Waals surface area contributed by atoms with E-state index in [0.29, 0.717) is 10.0 Å². The third-order valence-corrected chi connectivity index (χ3v) is 10.5. The van der Waals surface area contributed by atoms with Gasteiger partial charge in [-0.1, -0.05) is 109 Å². The summed E-state index contributed by atoms with van der Waals surface area (Å²) < 4.78 is 26.7. The Kier molecular flexibility index (Phi) is 26.3. The molecule has 1 unspecified atom stereocenters. The van der Waals surface area contributed by atoms with Crippen LogP contribution in [0.1, 0.15) is 29.7 Å². The van der Waals surface area contributed by atoms with E-state index in [1.807, 2.05) is 56.9 Å². The van der Waals surface area contributed by atoms with Gasteiger partial charge in [0.1, 0.15) is 0 Å². The number of halogens is 2. The molecule has 1 aliphatic heterocycles. The molecule has 0 amide bonds. The molecule has 0 radical (unpaired) electrons. The van der Waals surface area contributed by atoms with E-state index in [2.05, 4.69) is 117 Å². The van der Waals surface area contributed by atoms with E-state index in [4.69, 9.17) is 61.6 Å². The quantitative estimate of drug-likeness (QED) is 0.0746. The van der Waals surface area contributed by atoms with Gasteiger partial charge in [0.05, 0.1) is 32.5 Å². The van der Waals surface area contributed by atoms with Crippen molar-refractivity contribution < 1.29 is 84.5 Å². The summed E-state index contributed by atoms with van der Waals surface area (Å²) in [7, 11) is -3.56. The van der Waals surface area contributed by atoms with Crippen LogP contribution in [-0.4, -0.2) is 94.5 Å². The first-order chi connectivity index (χ1) is 29.7. The van der Waals surface area contributed by atoms with Gasteiger partial charge < -0.3 is 23.9 Å². The average Bonchev–Trinajstić information content (AvgIpc) is 3.23. The fraction of sp³-hybridized carbons (Fsp3) is 0.174. The first-order valence-corrected chi connectivity index (χ1v) is 38.1. The van der Waals surface area contributed by atoms with Crippen molar-refractivity contribution in [2.24, 2.45) is 0 Å². The maximum atomic E-state index is 8.87. The molecule has 0 bridgehead atoms. The Morgan fingerprint density at radius 1 is 0.594 bits per heavy atom. The Balaban J connectivity index is 0.000000250. The predicted molar refractivity (Wildman–Crippen MR) is 263 cm³/mol. The van der Waals surface area contributed by atoms with Crippen molar-refractivity contribution in [1.82, 2.24) is 9.97 Å². The molecule has 6 aromatic carbocycles. The van der Waals surface area contributed by atoms with Gasteiger partial charge in [-0.3, -0.25) is 0 Å². The number of benzene rings is 6. The van der Waals surface area contributed by atoms with E-state index in [0.717, 1.165) is 33.4 Å². The summed E-state index contributed by atoms with van der Waals surface area (Å²) in [5, 5.41) is 16.8. The molecule has 0 N–H and O–H groups in total. The molecule has 1 atom stereocenters. The Hall–Kier alpha value is 0.204. The molecular weight excluding hydrogens is 944 g/mol. The number of rotatable bonds is 3. The predicted octanol–water partition coefficient (Wildman–Crippen LogP) is 8.23. The van der Waals surface area contributed by atoms with Crippen LogP contribution in [0.15, 0.2) is 121 Å². The molecular formula is C46H45B3Cl2K3N2O7P. The topological polar surface area (TPSA) is 126 Å². The fourth-order valence-corrected chi connectivity index (χ4v) is 8.04. The molecule has 0 saturated carbocycles. The zero-order chi connectivity index (χ0) is 45.1. The van der Waals surface area contributed by atoms with Gasteiger partial charge in [-0.25, -0.2) is 14.6 Å². The third-order valence-electron chi connectivity index (χ3n) is 9.75. The van der Waals surface area contributed by atoms with Gasteiger partial charge in [-0.15, -0.1) is 0 Å². The number of hydrogen-bond acceptors (Lipinski definition) is 9. The zero-order valence-corrected chi connectivity index (χ0v) is 49.0. The van der Waals surface area contributed by atoms with Crippen molar-refractivity contribution in [3.8, 4) is 22.5 Å². The van der Waals surface area contributed by atoms with E-state index < -0.39 is 8.25 Å². The molecule has 18 heteroatoms. The molecule has 0 aliphatic carbocycles. The summed E-state index contributed by atoms with van der Waals surface area (Å²) >= 11 is 15.2. The van der Waals surface area contributed by atoms with Gasteiger partial charge in [-0.2, -0.15) is 0 Å². The van der Waals surface area contributed by atoms with Gasteiger partial charge in [0, 0.05) is 21.9 Å². The first-order valence-electron chi connectivity index (χ1n) is 20.2. The number of fused-ring (bicyclic) bond motifs is 4. The average molecular weight is 989 g/mol. The van der Waals surface area contributed by atoms with Crippen LogP contribution in [0.4, 0.5) is 0 Å². The minimum absolute atomic E-state index is 0. The summed E-state index contributed by atoms with van der Waals surface area (Å²) in [5.74, 6) is 0. The standard InChI is InChI=1S/C22H19N.C20H13Cl2N.C3H9B3O3.CH4.3K.HO4P/c1-14-11-17-8-4-5-9-18(17)19(12-14)21-13-16(3)22-15(2)7-6-10-20(22)23-21;1-12-9-13-5-2-3-6-14(13)15(10-12)19-11-17(22)20-16(21)7-4-8-18(20)23-19;1-4-7-5(2)9-6(3)8-4;;;;;1-4-5(2)3/h4-13H,1-3H3;2-11H,1H3;1-3H3;1H4;;;;1H/q;;;;;;+1;/p-1. The minimum atomic E-state index is -3.15. The normalized spacial score (nSPS) is 12.0. The van der Waals surface area contributed by atoms with Crippen molar-refractivity contribution in [2.45, 2.75) is 55.6 Å². The van der Waals surface area contributed by atoms with E-state index in [1.165, 1.54) is 118 Å². The van der Waals surface area contributed by atoms with Crippen LogP contribution in [0.5, 0.6) is 0 Å². The van der Waals surface area contributed by atoms with Crippen LogP contribution in [-0.2, 0) is 23.0 Å². The van der Waals surface area contributed by atoms with Crippen molar-refractivity contribution in [3.63, 3.8) is 0 Å². The zero-order valence-electron chi connectivity index (χ0n) is 37.2. The number of aromatic nitrogens is 2. The first kappa shape index (κ1) is 58.5. The van der Waals surface area contributed by atoms with Crippen molar-refractivity contribution >= 4 is 159 Å². The van der Waals surface area contributed by atoms with E-state index in [1.54, 1.807) is 0 Å². The summed E-state index contributed by atoms with van der Waals surface area (Å²) in [6.07, 6.45) is 0.